The molecule has 0 fully saturated rings. The van der Waals surface area contributed by atoms with Crippen molar-refractivity contribution < 1.29 is 33.7 Å². The average Bonchev–Trinajstić information content (AvgIpc) is 2.72. The highest BCUT2D eigenvalue weighted by Gasteiger charge is 2.08. The summed E-state index contributed by atoms with van der Waals surface area (Å²) in [5.41, 5.74) is 0.916. The van der Waals surface area contributed by atoms with E-state index < -0.39 is 6.29 Å². The summed E-state index contributed by atoms with van der Waals surface area (Å²) < 4.78 is 15.2. The van der Waals surface area contributed by atoms with Crippen LogP contribution < -0.4 is 4.74 Å². The largest absolute Gasteiger partial charge is 0.463 e. The third kappa shape index (κ3) is 12.3. The lowest BCUT2D eigenvalue weighted by atomic mass is 10.2. The molecule has 29 heavy (non-hydrogen) atoms. The van der Waals surface area contributed by atoms with Crippen molar-refractivity contribution in [2.75, 3.05) is 13.2 Å². The van der Waals surface area contributed by atoms with Gasteiger partial charge in [0.1, 0.15) is 18.6 Å². The SMILES string of the molecule is CCC(=O)OCCOC(O)CCCCC(=O)Oc1ccc(/C=C/C=C\C=O)cc1. The second-order valence-corrected chi connectivity index (χ2v) is 6.07. The van der Waals surface area contributed by atoms with E-state index in [2.05, 4.69) is 0 Å². The van der Waals surface area contributed by atoms with Gasteiger partial charge in [-0.25, -0.2) is 0 Å². The van der Waals surface area contributed by atoms with Crippen LogP contribution in [0.1, 0.15) is 44.6 Å². The van der Waals surface area contributed by atoms with E-state index in [0.717, 1.165) is 5.56 Å². The van der Waals surface area contributed by atoms with Crippen molar-refractivity contribution in [2.24, 2.45) is 0 Å². The van der Waals surface area contributed by atoms with Crippen LogP contribution in [-0.2, 0) is 23.9 Å². The predicted octanol–water partition coefficient (Wildman–Crippen LogP) is 3.21. The molecule has 0 aliphatic rings. The maximum absolute atomic E-state index is 11.9. The smallest absolute Gasteiger partial charge is 0.311 e. The molecule has 0 bridgehead atoms. The monoisotopic (exact) mass is 404 g/mol. The lowest BCUT2D eigenvalue weighted by Crippen LogP contribution is -2.17. The van der Waals surface area contributed by atoms with Crippen LogP contribution in [-0.4, -0.2) is 42.8 Å². The maximum Gasteiger partial charge on any atom is 0.311 e. The molecule has 1 unspecified atom stereocenters. The van der Waals surface area contributed by atoms with Gasteiger partial charge in [-0.05, 0) is 43.0 Å². The Hall–Kier alpha value is -2.77. The van der Waals surface area contributed by atoms with Gasteiger partial charge in [0.05, 0.1) is 6.61 Å². The summed E-state index contributed by atoms with van der Waals surface area (Å²) in [4.78, 5) is 33.0. The first-order chi connectivity index (χ1) is 14.0. The third-order valence-electron chi connectivity index (χ3n) is 3.73. The molecule has 0 radical (unpaired) electrons. The first-order valence-electron chi connectivity index (χ1n) is 9.59. The molecule has 0 amide bonds. The van der Waals surface area contributed by atoms with Gasteiger partial charge in [-0.1, -0.05) is 37.3 Å². The quantitative estimate of drug-likeness (QED) is 0.0967. The number of rotatable bonds is 14. The molecule has 1 atom stereocenters. The third-order valence-corrected chi connectivity index (χ3v) is 3.73. The fourth-order valence-corrected chi connectivity index (χ4v) is 2.22. The van der Waals surface area contributed by atoms with Gasteiger partial charge < -0.3 is 19.3 Å². The van der Waals surface area contributed by atoms with Crippen LogP contribution in [0.4, 0.5) is 0 Å². The minimum absolute atomic E-state index is 0.111. The number of aldehydes is 1. The molecular weight excluding hydrogens is 376 g/mol. The first kappa shape index (κ1) is 24.3. The molecule has 0 aromatic heterocycles. The highest BCUT2D eigenvalue weighted by Crippen LogP contribution is 2.15. The summed E-state index contributed by atoms with van der Waals surface area (Å²) in [7, 11) is 0. The summed E-state index contributed by atoms with van der Waals surface area (Å²) in [6, 6.07) is 7.01. The number of esters is 2. The highest BCUT2D eigenvalue weighted by atomic mass is 16.6. The number of aliphatic hydroxyl groups is 1. The van der Waals surface area contributed by atoms with Crippen molar-refractivity contribution in [1.82, 2.24) is 0 Å². The zero-order valence-electron chi connectivity index (χ0n) is 16.6. The number of carbonyl (C=O) groups is 3. The fourth-order valence-electron chi connectivity index (χ4n) is 2.22. The molecule has 1 aromatic carbocycles. The molecule has 1 aromatic rings. The number of carbonyl (C=O) groups excluding carboxylic acids is 3. The minimum Gasteiger partial charge on any atom is -0.463 e. The lowest BCUT2D eigenvalue weighted by Gasteiger charge is -2.12. The fraction of sp³-hybridized carbons (Fsp3) is 0.409. The molecule has 1 N–H and O–H groups in total. The number of aliphatic hydroxyl groups excluding tert-OH is 1. The zero-order chi connectivity index (χ0) is 21.3. The van der Waals surface area contributed by atoms with E-state index >= 15 is 0 Å². The molecule has 0 saturated heterocycles. The molecule has 0 aliphatic heterocycles. The molecule has 7 nitrogen and oxygen atoms in total. The number of hydrogen-bond donors (Lipinski definition) is 1. The maximum atomic E-state index is 11.9. The summed E-state index contributed by atoms with van der Waals surface area (Å²) in [6.07, 6.45) is 8.43. The second-order valence-electron chi connectivity index (χ2n) is 6.07. The van der Waals surface area contributed by atoms with Crippen molar-refractivity contribution >= 4 is 24.3 Å². The van der Waals surface area contributed by atoms with E-state index in [4.69, 9.17) is 14.2 Å². The molecule has 1 rings (SSSR count). The van der Waals surface area contributed by atoms with Gasteiger partial charge in [0, 0.05) is 12.8 Å². The summed E-state index contributed by atoms with van der Waals surface area (Å²) in [5.74, 6) is -0.191. The minimum atomic E-state index is -0.951. The van der Waals surface area contributed by atoms with Gasteiger partial charge in [0.2, 0.25) is 0 Å². The van der Waals surface area contributed by atoms with Crippen LogP contribution in [0.3, 0.4) is 0 Å². The van der Waals surface area contributed by atoms with E-state index in [1.54, 1.807) is 43.3 Å². The predicted molar refractivity (Wildman–Crippen MR) is 108 cm³/mol. The number of hydrogen-bond acceptors (Lipinski definition) is 7. The molecule has 0 spiro atoms. The van der Waals surface area contributed by atoms with Gasteiger partial charge in [-0.3, -0.25) is 14.4 Å². The number of ether oxygens (including phenoxy) is 3. The molecule has 0 heterocycles. The van der Waals surface area contributed by atoms with Crippen molar-refractivity contribution in [3.63, 3.8) is 0 Å². The van der Waals surface area contributed by atoms with Crippen LogP contribution >= 0.6 is 0 Å². The number of unbranched alkanes of at least 4 members (excludes halogenated alkanes) is 1. The Kier molecular flexibility index (Phi) is 12.7. The van der Waals surface area contributed by atoms with E-state index in [9.17, 15) is 19.5 Å². The normalized spacial score (nSPS) is 12.2. The Balaban J connectivity index is 2.17. The van der Waals surface area contributed by atoms with Crippen LogP contribution in [0, 0.1) is 0 Å². The summed E-state index contributed by atoms with van der Waals surface area (Å²) in [6.45, 7) is 1.95. The van der Waals surface area contributed by atoms with Crippen LogP contribution in [0.2, 0.25) is 0 Å². The standard InChI is InChI=1S/C22H28O7/c1-2-20(24)27-16-17-28-21(25)9-5-6-10-22(26)29-19-13-11-18(12-14-19)8-4-3-7-15-23/h3-4,7-8,11-15,21,25H,2,5-6,9-10,16-17H2,1H3/b7-3-,8-4+. The Morgan fingerprint density at radius 1 is 1.03 bits per heavy atom. The van der Waals surface area contributed by atoms with Crippen molar-refractivity contribution in [1.29, 1.82) is 0 Å². The van der Waals surface area contributed by atoms with Crippen LogP contribution in [0.25, 0.3) is 6.08 Å². The Morgan fingerprint density at radius 2 is 1.79 bits per heavy atom. The van der Waals surface area contributed by atoms with Crippen molar-refractivity contribution in [3.05, 3.63) is 48.1 Å². The molecule has 0 aliphatic carbocycles. The lowest BCUT2D eigenvalue weighted by molar-refractivity contribution is -0.151. The van der Waals surface area contributed by atoms with Gasteiger partial charge >= 0.3 is 11.9 Å². The number of allylic oxidation sites excluding steroid dienone is 3. The van der Waals surface area contributed by atoms with E-state index in [0.29, 0.717) is 37.7 Å². The van der Waals surface area contributed by atoms with Crippen LogP contribution in [0.5, 0.6) is 5.75 Å². The number of benzene rings is 1. The summed E-state index contributed by atoms with van der Waals surface area (Å²) >= 11 is 0. The van der Waals surface area contributed by atoms with Crippen LogP contribution in [0.15, 0.2) is 42.5 Å². The molecule has 158 valence electrons. The highest BCUT2D eigenvalue weighted by molar-refractivity contribution is 5.72. The average molecular weight is 404 g/mol. The van der Waals surface area contributed by atoms with Crippen molar-refractivity contribution in [3.8, 4) is 5.75 Å². The molecular formula is C22H28O7. The van der Waals surface area contributed by atoms with E-state index in [-0.39, 0.29) is 31.6 Å². The zero-order valence-corrected chi connectivity index (χ0v) is 16.6. The van der Waals surface area contributed by atoms with Crippen molar-refractivity contribution in [2.45, 2.75) is 45.3 Å². The second kappa shape index (κ2) is 15.2. The van der Waals surface area contributed by atoms with E-state index in [1.807, 2.05) is 6.08 Å². The Morgan fingerprint density at radius 3 is 2.48 bits per heavy atom. The molecule has 0 saturated carbocycles. The van der Waals surface area contributed by atoms with Gasteiger partial charge in [-0.15, -0.1) is 0 Å². The Bertz CT molecular complexity index is 677. The molecule has 7 heteroatoms. The topological polar surface area (TPSA) is 99.1 Å². The van der Waals surface area contributed by atoms with Gasteiger partial charge in [0.15, 0.2) is 6.29 Å². The van der Waals surface area contributed by atoms with E-state index in [1.165, 1.54) is 6.08 Å². The van der Waals surface area contributed by atoms with Gasteiger partial charge in [-0.2, -0.15) is 0 Å². The first-order valence-corrected chi connectivity index (χ1v) is 9.59. The van der Waals surface area contributed by atoms with Gasteiger partial charge in [0.25, 0.3) is 0 Å². The Labute approximate surface area is 171 Å². The summed E-state index contributed by atoms with van der Waals surface area (Å²) in [5, 5.41) is 9.68.